The molecular weight excluding hydrogens is 381 g/mol. The minimum atomic E-state index is -4.71. The second-order valence-corrected chi connectivity index (χ2v) is 5.57. The SMILES string of the molecule is Cn1c(C(F)(F)F)nn(CCNC(=O)c2cccc(Br)c2)c1=O. The van der Waals surface area contributed by atoms with Crippen molar-refractivity contribution in [3.05, 3.63) is 50.6 Å². The van der Waals surface area contributed by atoms with Gasteiger partial charge in [0.1, 0.15) is 0 Å². The number of hydrogen-bond donors (Lipinski definition) is 1. The molecule has 0 aliphatic rings. The number of alkyl halides is 3. The Kier molecular flexibility index (Phi) is 4.93. The Morgan fingerprint density at radius 3 is 2.65 bits per heavy atom. The lowest BCUT2D eigenvalue weighted by Gasteiger charge is -2.05. The molecule has 0 spiro atoms. The Hall–Kier alpha value is -2.10. The van der Waals surface area contributed by atoms with Crippen LogP contribution in [-0.2, 0) is 19.8 Å². The van der Waals surface area contributed by atoms with Crippen LogP contribution in [0.4, 0.5) is 13.2 Å². The average Bonchev–Trinajstić information content (AvgIpc) is 2.75. The molecule has 1 aromatic heterocycles. The molecule has 0 atom stereocenters. The maximum Gasteiger partial charge on any atom is 0.451 e. The lowest BCUT2D eigenvalue weighted by atomic mass is 10.2. The molecule has 0 unspecified atom stereocenters. The van der Waals surface area contributed by atoms with Crippen LogP contribution in [0.25, 0.3) is 0 Å². The molecule has 0 aliphatic heterocycles. The number of amides is 1. The molecule has 1 N–H and O–H groups in total. The second kappa shape index (κ2) is 6.57. The van der Waals surface area contributed by atoms with Crippen LogP contribution in [0.1, 0.15) is 16.2 Å². The minimum absolute atomic E-state index is 0.0282. The van der Waals surface area contributed by atoms with Gasteiger partial charge in [-0.15, -0.1) is 5.10 Å². The number of benzene rings is 1. The van der Waals surface area contributed by atoms with E-state index in [2.05, 4.69) is 26.3 Å². The van der Waals surface area contributed by atoms with Gasteiger partial charge in [0.25, 0.3) is 5.91 Å². The van der Waals surface area contributed by atoms with E-state index in [1.54, 1.807) is 24.3 Å². The van der Waals surface area contributed by atoms with Gasteiger partial charge in [0, 0.05) is 23.6 Å². The van der Waals surface area contributed by atoms with Crippen molar-refractivity contribution < 1.29 is 18.0 Å². The molecule has 1 aromatic carbocycles. The van der Waals surface area contributed by atoms with Crippen molar-refractivity contribution in [1.82, 2.24) is 19.7 Å². The lowest BCUT2D eigenvalue weighted by Crippen LogP contribution is -2.31. The van der Waals surface area contributed by atoms with Crippen LogP contribution in [0.3, 0.4) is 0 Å². The predicted molar refractivity (Wildman–Crippen MR) is 78.9 cm³/mol. The van der Waals surface area contributed by atoms with Gasteiger partial charge in [0.05, 0.1) is 6.54 Å². The first-order chi connectivity index (χ1) is 10.7. The van der Waals surface area contributed by atoms with Gasteiger partial charge in [0.15, 0.2) is 0 Å². The van der Waals surface area contributed by atoms with Crippen molar-refractivity contribution in [3.8, 4) is 0 Å². The highest BCUT2D eigenvalue weighted by Crippen LogP contribution is 2.25. The zero-order valence-electron chi connectivity index (χ0n) is 11.9. The van der Waals surface area contributed by atoms with Crippen LogP contribution in [0.5, 0.6) is 0 Å². The van der Waals surface area contributed by atoms with E-state index in [0.29, 0.717) is 14.8 Å². The summed E-state index contributed by atoms with van der Waals surface area (Å²) >= 11 is 3.23. The van der Waals surface area contributed by atoms with Gasteiger partial charge in [0.2, 0.25) is 5.82 Å². The van der Waals surface area contributed by atoms with Gasteiger partial charge in [-0.25, -0.2) is 9.48 Å². The number of carbonyl (C=O) groups is 1. The molecule has 23 heavy (non-hydrogen) atoms. The molecule has 0 saturated carbocycles. The zero-order chi connectivity index (χ0) is 17.2. The zero-order valence-corrected chi connectivity index (χ0v) is 13.5. The van der Waals surface area contributed by atoms with Crippen molar-refractivity contribution in [1.29, 1.82) is 0 Å². The van der Waals surface area contributed by atoms with E-state index < -0.39 is 23.6 Å². The van der Waals surface area contributed by atoms with Gasteiger partial charge in [-0.05, 0) is 18.2 Å². The smallest absolute Gasteiger partial charge is 0.350 e. The number of rotatable bonds is 4. The highest BCUT2D eigenvalue weighted by molar-refractivity contribution is 9.10. The summed E-state index contributed by atoms with van der Waals surface area (Å²) in [7, 11) is 0.995. The van der Waals surface area contributed by atoms with Crippen molar-refractivity contribution in [2.24, 2.45) is 7.05 Å². The van der Waals surface area contributed by atoms with Crippen LogP contribution in [0.2, 0.25) is 0 Å². The molecule has 6 nitrogen and oxygen atoms in total. The van der Waals surface area contributed by atoms with Crippen molar-refractivity contribution in [2.75, 3.05) is 6.54 Å². The third-order valence-electron chi connectivity index (χ3n) is 2.99. The third-order valence-corrected chi connectivity index (χ3v) is 3.48. The van der Waals surface area contributed by atoms with Crippen LogP contribution in [0.15, 0.2) is 33.5 Å². The quantitative estimate of drug-likeness (QED) is 0.862. The van der Waals surface area contributed by atoms with Gasteiger partial charge < -0.3 is 5.32 Å². The third kappa shape index (κ3) is 4.01. The first-order valence-electron chi connectivity index (χ1n) is 6.45. The Balaban J connectivity index is 2.02. The molecule has 1 amide bonds. The van der Waals surface area contributed by atoms with E-state index in [1.807, 2.05) is 0 Å². The van der Waals surface area contributed by atoms with Gasteiger partial charge >= 0.3 is 11.9 Å². The minimum Gasteiger partial charge on any atom is -0.350 e. The maximum absolute atomic E-state index is 12.6. The maximum atomic E-state index is 12.6. The molecular formula is C13H12BrF3N4O2. The Bertz CT molecular complexity index is 782. The van der Waals surface area contributed by atoms with Crippen LogP contribution >= 0.6 is 15.9 Å². The molecule has 2 aromatic rings. The molecule has 10 heteroatoms. The first kappa shape index (κ1) is 17.3. The molecule has 124 valence electrons. The second-order valence-electron chi connectivity index (χ2n) is 4.65. The van der Waals surface area contributed by atoms with Crippen LogP contribution in [-0.4, -0.2) is 26.8 Å². The molecule has 0 aliphatic carbocycles. The Morgan fingerprint density at radius 1 is 1.39 bits per heavy atom. The topological polar surface area (TPSA) is 68.9 Å². The van der Waals surface area contributed by atoms with Gasteiger partial charge in [-0.3, -0.25) is 9.36 Å². The molecule has 0 radical (unpaired) electrons. The first-order valence-corrected chi connectivity index (χ1v) is 7.24. The lowest BCUT2D eigenvalue weighted by molar-refractivity contribution is -0.147. The summed E-state index contributed by atoms with van der Waals surface area (Å²) in [5.74, 6) is -1.67. The number of carbonyl (C=O) groups excluding carboxylic acids is 1. The Morgan fingerprint density at radius 2 is 2.09 bits per heavy atom. The number of halogens is 4. The average molecular weight is 393 g/mol. The number of nitrogens with zero attached hydrogens (tertiary/aromatic N) is 3. The van der Waals surface area contributed by atoms with E-state index in [4.69, 9.17) is 0 Å². The van der Waals surface area contributed by atoms with E-state index in [9.17, 15) is 22.8 Å². The normalized spacial score (nSPS) is 11.5. The summed E-state index contributed by atoms with van der Waals surface area (Å²) in [6.07, 6.45) is -4.71. The van der Waals surface area contributed by atoms with Gasteiger partial charge in [-0.2, -0.15) is 13.2 Å². The number of aromatic nitrogens is 3. The summed E-state index contributed by atoms with van der Waals surface area (Å²) in [4.78, 5) is 23.5. The molecule has 0 saturated heterocycles. The summed E-state index contributed by atoms with van der Waals surface area (Å²) in [5.41, 5.74) is -0.502. The fraction of sp³-hybridized carbons (Fsp3) is 0.308. The summed E-state index contributed by atoms with van der Waals surface area (Å²) in [6.45, 7) is -0.192. The predicted octanol–water partition coefficient (Wildman–Crippen LogP) is 1.79. The van der Waals surface area contributed by atoms with Crippen LogP contribution < -0.4 is 11.0 Å². The van der Waals surface area contributed by atoms with Crippen molar-refractivity contribution >= 4 is 21.8 Å². The standard InChI is InChI=1S/C13H12BrF3N4O2/c1-20-11(13(15,16)17)19-21(12(20)23)6-5-18-10(22)8-3-2-4-9(14)7-8/h2-4,7H,5-6H2,1H3,(H,18,22). The monoisotopic (exact) mass is 392 g/mol. The highest BCUT2D eigenvalue weighted by atomic mass is 79.9. The number of hydrogen-bond acceptors (Lipinski definition) is 3. The molecule has 2 rings (SSSR count). The van der Waals surface area contributed by atoms with Crippen LogP contribution in [0, 0.1) is 0 Å². The Labute approximate surface area is 137 Å². The fourth-order valence-electron chi connectivity index (χ4n) is 1.89. The van der Waals surface area contributed by atoms with Crippen molar-refractivity contribution in [2.45, 2.75) is 12.7 Å². The summed E-state index contributed by atoms with van der Waals surface area (Å²) < 4.78 is 39.7. The largest absolute Gasteiger partial charge is 0.451 e. The van der Waals surface area contributed by atoms with E-state index in [1.165, 1.54) is 0 Å². The van der Waals surface area contributed by atoms with Gasteiger partial charge in [-0.1, -0.05) is 22.0 Å². The van der Waals surface area contributed by atoms with E-state index in [0.717, 1.165) is 11.5 Å². The summed E-state index contributed by atoms with van der Waals surface area (Å²) in [5, 5.41) is 5.77. The molecule has 1 heterocycles. The molecule has 0 bridgehead atoms. The number of nitrogens with one attached hydrogen (secondary N) is 1. The summed E-state index contributed by atoms with van der Waals surface area (Å²) in [6, 6.07) is 6.62. The van der Waals surface area contributed by atoms with Crippen molar-refractivity contribution in [3.63, 3.8) is 0 Å². The van der Waals surface area contributed by atoms with E-state index >= 15 is 0 Å². The highest BCUT2D eigenvalue weighted by Gasteiger charge is 2.37. The fourth-order valence-corrected chi connectivity index (χ4v) is 2.29. The molecule has 0 fully saturated rings. The van der Waals surface area contributed by atoms with E-state index in [-0.39, 0.29) is 13.1 Å².